The molecule has 1 saturated heterocycles. The van der Waals surface area contributed by atoms with Gasteiger partial charge in [-0.3, -0.25) is 4.79 Å². The van der Waals surface area contributed by atoms with Crippen molar-refractivity contribution in [1.29, 1.82) is 0 Å². The number of nitrogens with one attached hydrogen (secondary N) is 2. The molecule has 1 aromatic carbocycles. The summed E-state index contributed by atoms with van der Waals surface area (Å²) in [4.78, 5) is 23.9. The quantitative estimate of drug-likeness (QED) is 0.725. The van der Waals surface area contributed by atoms with Crippen LogP contribution in [0.25, 0.3) is 0 Å². The van der Waals surface area contributed by atoms with E-state index in [0.29, 0.717) is 30.5 Å². The number of ether oxygens (including phenoxy) is 1. The number of carbonyl (C=O) groups excluding carboxylic acids is 2. The van der Waals surface area contributed by atoms with Crippen LogP contribution in [0.4, 0.5) is 0 Å². The number of nitrogens with zero attached hydrogens (tertiary/aromatic N) is 3. The zero-order valence-electron chi connectivity index (χ0n) is 15.2. The molecule has 2 aromatic rings. The molecule has 0 unspecified atom stereocenters. The highest BCUT2D eigenvalue weighted by atomic mass is 35.5. The fourth-order valence-corrected chi connectivity index (χ4v) is 2.88. The van der Waals surface area contributed by atoms with Gasteiger partial charge in [0.25, 0.3) is 5.91 Å². The third kappa shape index (κ3) is 5.51. The molecule has 3 rings (SSSR count). The van der Waals surface area contributed by atoms with Gasteiger partial charge in [-0.1, -0.05) is 17.3 Å². The maximum Gasteiger partial charge on any atom is 0.338 e. The Bertz CT molecular complexity index is 757. The summed E-state index contributed by atoms with van der Waals surface area (Å²) >= 11 is 0. The topological polar surface area (TPSA) is 98.1 Å². The van der Waals surface area contributed by atoms with Crippen molar-refractivity contribution in [1.82, 2.24) is 25.6 Å². The van der Waals surface area contributed by atoms with E-state index in [9.17, 15) is 9.59 Å². The second kappa shape index (κ2) is 10.0. The van der Waals surface area contributed by atoms with Crippen LogP contribution in [0.2, 0.25) is 0 Å². The molecule has 1 aliphatic rings. The first-order valence-corrected chi connectivity index (χ1v) is 8.84. The van der Waals surface area contributed by atoms with Gasteiger partial charge in [-0.05, 0) is 50.6 Å². The molecule has 1 fully saturated rings. The van der Waals surface area contributed by atoms with Gasteiger partial charge in [-0.25, -0.2) is 9.48 Å². The van der Waals surface area contributed by atoms with Gasteiger partial charge in [0.15, 0.2) is 5.69 Å². The van der Waals surface area contributed by atoms with Gasteiger partial charge in [-0.15, -0.1) is 17.5 Å². The van der Waals surface area contributed by atoms with Crippen LogP contribution >= 0.6 is 12.4 Å². The maximum atomic E-state index is 12.3. The van der Waals surface area contributed by atoms with E-state index in [1.54, 1.807) is 42.1 Å². The van der Waals surface area contributed by atoms with E-state index < -0.39 is 0 Å². The van der Waals surface area contributed by atoms with Crippen LogP contribution in [0, 0.1) is 0 Å². The zero-order chi connectivity index (χ0) is 18.4. The molecule has 9 heteroatoms. The molecular formula is C18H24ClN5O3. The van der Waals surface area contributed by atoms with Crippen LogP contribution in [0.5, 0.6) is 0 Å². The Kier molecular flexibility index (Phi) is 7.75. The van der Waals surface area contributed by atoms with Gasteiger partial charge < -0.3 is 15.4 Å². The van der Waals surface area contributed by atoms with Crippen molar-refractivity contribution in [3.05, 3.63) is 47.3 Å². The van der Waals surface area contributed by atoms with Crippen LogP contribution in [0.1, 0.15) is 52.2 Å². The molecular weight excluding hydrogens is 370 g/mol. The summed E-state index contributed by atoms with van der Waals surface area (Å²) in [5, 5.41) is 14.2. The minimum atomic E-state index is -0.349. The van der Waals surface area contributed by atoms with E-state index in [2.05, 4.69) is 20.9 Å². The zero-order valence-corrected chi connectivity index (χ0v) is 16.0. The lowest BCUT2D eigenvalue weighted by Crippen LogP contribution is -2.29. The maximum absolute atomic E-state index is 12.3. The van der Waals surface area contributed by atoms with Crippen LogP contribution in [0.3, 0.4) is 0 Å². The molecule has 0 atom stereocenters. The number of carbonyl (C=O) groups is 2. The number of rotatable bonds is 6. The van der Waals surface area contributed by atoms with E-state index in [4.69, 9.17) is 4.74 Å². The minimum absolute atomic E-state index is 0. The molecule has 27 heavy (non-hydrogen) atoms. The normalized spacial score (nSPS) is 14.3. The molecule has 1 amide bonds. The van der Waals surface area contributed by atoms with E-state index in [-0.39, 0.29) is 24.3 Å². The number of aromatic nitrogens is 3. The Morgan fingerprint density at radius 2 is 1.96 bits per heavy atom. The summed E-state index contributed by atoms with van der Waals surface area (Å²) in [5.74, 6) is -0.614. The largest absolute Gasteiger partial charge is 0.462 e. The number of hydrogen-bond donors (Lipinski definition) is 2. The van der Waals surface area contributed by atoms with E-state index in [1.165, 1.54) is 0 Å². The van der Waals surface area contributed by atoms with E-state index in [0.717, 1.165) is 31.5 Å². The average Bonchev–Trinajstić information content (AvgIpc) is 3.18. The summed E-state index contributed by atoms with van der Waals surface area (Å²) in [7, 11) is 0. The van der Waals surface area contributed by atoms with Crippen molar-refractivity contribution in [2.45, 2.75) is 32.4 Å². The van der Waals surface area contributed by atoms with E-state index in [1.807, 2.05) is 0 Å². The SMILES string of the molecule is CCOC(=O)c1ccc(CNC(=O)c2cn(C3CCNCC3)nn2)cc1.Cl. The molecule has 0 saturated carbocycles. The summed E-state index contributed by atoms with van der Waals surface area (Å²) in [6, 6.07) is 7.25. The van der Waals surface area contributed by atoms with E-state index >= 15 is 0 Å². The Labute approximate surface area is 164 Å². The Hall–Kier alpha value is -2.45. The summed E-state index contributed by atoms with van der Waals surface area (Å²) in [6.45, 7) is 4.36. The standard InChI is InChI=1S/C18H23N5O3.ClH/c1-2-26-18(25)14-5-3-13(4-6-14)11-20-17(24)16-12-23(22-21-16)15-7-9-19-10-8-15;/h3-6,12,15,19H,2,7-11H2,1H3,(H,20,24);1H. The summed E-state index contributed by atoms with van der Waals surface area (Å²) in [6.07, 6.45) is 3.67. The molecule has 2 heterocycles. The van der Waals surface area contributed by atoms with Gasteiger partial charge in [0.05, 0.1) is 24.4 Å². The molecule has 2 N–H and O–H groups in total. The number of hydrogen-bond acceptors (Lipinski definition) is 6. The summed E-state index contributed by atoms with van der Waals surface area (Å²) < 4.78 is 6.73. The Morgan fingerprint density at radius 1 is 1.26 bits per heavy atom. The monoisotopic (exact) mass is 393 g/mol. The second-order valence-corrected chi connectivity index (χ2v) is 6.17. The van der Waals surface area contributed by atoms with Crippen LogP contribution < -0.4 is 10.6 Å². The van der Waals surface area contributed by atoms with Gasteiger partial charge in [0, 0.05) is 6.54 Å². The fourth-order valence-electron chi connectivity index (χ4n) is 2.88. The van der Waals surface area contributed by atoms with Crippen molar-refractivity contribution < 1.29 is 14.3 Å². The van der Waals surface area contributed by atoms with Crippen molar-refractivity contribution in [2.24, 2.45) is 0 Å². The van der Waals surface area contributed by atoms with Crippen molar-refractivity contribution in [2.75, 3.05) is 19.7 Å². The Balaban J connectivity index is 0.00000261. The first-order chi connectivity index (χ1) is 12.7. The molecule has 1 aromatic heterocycles. The molecule has 0 aliphatic carbocycles. The lowest BCUT2D eigenvalue weighted by Gasteiger charge is -2.22. The first-order valence-electron chi connectivity index (χ1n) is 8.84. The molecule has 1 aliphatic heterocycles. The predicted octanol–water partition coefficient (Wildman–Crippen LogP) is 1.73. The van der Waals surface area contributed by atoms with Crippen LogP contribution in [-0.4, -0.2) is 46.6 Å². The Morgan fingerprint density at radius 3 is 2.63 bits per heavy atom. The number of piperidine rings is 1. The molecule has 0 radical (unpaired) electrons. The number of esters is 1. The number of amides is 1. The highest BCUT2D eigenvalue weighted by Crippen LogP contribution is 2.17. The van der Waals surface area contributed by atoms with Gasteiger partial charge in [0.2, 0.25) is 0 Å². The average molecular weight is 394 g/mol. The highest BCUT2D eigenvalue weighted by molar-refractivity contribution is 5.92. The second-order valence-electron chi connectivity index (χ2n) is 6.17. The number of benzene rings is 1. The molecule has 0 spiro atoms. The van der Waals surface area contributed by atoms with Gasteiger partial charge >= 0.3 is 5.97 Å². The summed E-state index contributed by atoms with van der Waals surface area (Å²) in [5.41, 5.74) is 1.69. The molecule has 8 nitrogen and oxygen atoms in total. The van der Waals surface area contributed by atoms with Crippen molar-refractivity contribution >= 4 is 24.3 Å². The molecule has 0 bridgehead atoms. The van der Waals surface area contributed by atoms with Crippen molar-refractivity contribution in [3.8, 4) is 0 Å². The lowest BCUT2D eigenvalue weighted by atomic mass is 10.1. The third-order valence-corrected chi connectivity index (χ3v) is 4.34. The fraction of sp³-hybridized carbons (Fsp3) is 0.444. The van der Waals surface area contributed by atoms with Crippen LogP contribution in [0.15, 0.2) is 30.5 Å². The predicted molar refractivity (Wildman–Crippen MR) is 102 cm³/mol. The van der Waals surface area contributed by atoms with Gasteiger partial charge in [-0.2, -0.15) is 0 Å². The molecule has 146 valence electrons. The minimum Gasteiger partial charge on any atom is -0.462 e. The third-order valence-electron chi connectivity index (χ3n) is 4.34. The van der Waals surface area contributed by atoms with Gasteiger partial charge in [0.1, 0.15) is 0 Å². The first kappa shape index (κ1) is 20.9. The van der Waals surface area contributed by atoms with Crippen molar-refractivity contribution in [3.63, 3.8) is 0 Å². The highest BCUT2D eigenvalue weighted by Gasteiger charge is 2.18. The smallest absolute Gasteiger partial charge is 0.338 e. The van der Waals surface area contributed by atoms with Crippen LogP contribution in [-0.2, 0) is 11.3 Å². The number of halogens is 1. The lowest BCUT2D eigenvalue weighted by molar-refractivity contribution is 0.0526.